The molecule has 0 heterocycles. The van der Waals surface area contributed by atoms with E-state index in [-0.39, 0.29) is 29.2 Å². The van der Waals surface area contributed by atoms with Crippen molar-refractivity contribution in [3.8, 4) is 0 Å². The van der Waals surface area contributed by atoms with Gasteiger partial charge < -0.3 is 10.4 Å². The smallest absolute Gasteiger partial charge is 0.233 e. The lowest BCUT2D eigenvalue weighted by molar-refractivity contribution is -0.121. The van der Waals surface area contributed by atoms with Crippen molar-refractivity contribution in [1.82, 2.24) is 5.32 Å². The van der Waals surface area contributed by atoms with Crippen molar-refractivity contribution < 1.29 is 9.90 Å². The molecule has 1 saturated carbocycles. The van der Waals surface area contributed by atoms with E-state index >= 15 is 0 Å². The molecular weight excluding hydrogens is 246 g/mol. The third-order valence-corrected chi connectivity index (χ3v) is 5.23. The fraction of sp³-hybridized carbons (Fsp3) is 0.929. The summed E-state index contributed by atoms with van der Waals surface area (Å²) in [5, 5.41) is 12.6. The number of rotatable bonds is 7. The van der Waals surface area contributed by atoms with Crippen molar-refractivity contribution in [3.63, 3.8) is 0 Å². The first-order valence-electron chi connectivity index (χ1n) is 7.06. The van der Waals surface area contributed by atoms with Gasteiger partial charge in [0.1, 0.15) is 0 Å². The van der Waals surface area contributed by atoms with Gasteiger partial charge in [0.25, 0.3) is 0 Å². The summed E-state index contributed by atoms with van der Waals surface area (Å²) >= 11 is 1.73. The van der Waals surface area contributed by atoms with Gasteiger partial charge in [-0.2, -0.15) is 0 Å². The molecule has 0 radical (unpaired) electrons. The number of nitrogens with one attached hydrogen (secondary N) is 1. The Morgan fingerprint density at radius 3 is 2.94 bits per heavy atom. The zero-order chi connectivity index (χ0) is 13.6. The lowest BCUT2D eigenvalue weighted by Gasteiger charge is -2.30. The maximum atomic E-state index is 12.1. The van der Waals surface area contributed by atoms with Crippen molar-refractivity contribution in [1.29, 1.82) is 0 Å². The van der Waals surface area contributed by atoms with Gasteiger partial charge in [-0.05, 0) is 31.9 Å². The number of carbonyl (C=O) groups excluding carboxylic acids is 1. The number of hydrogen-bond acceptors (Lipinski definition) is 3. The SMILES string of the molecule is CCCCSC(C)C(=O)NC1CCCC1(C)CO. The maximum Gasteiger partial charge on any atom is 0.233 e. The normalized spacial score (nSPS) is 29.2. The average molecular weight is 273 g/mol. The van der Waals surface area contributed by atoms with Crippen molar-refractivity contribution >= 4 is 17.7 Å². The van der Waals surface area contributed by atoms with Crippen LogP contribution in [0.2, 0.25) is 0 Å². The molecule has 1 fully saturated rings. The van der Waals surface area contributed by atoms with Crippen molar-refractivity contribution in [3.05, 3.63) is 0 Å². The summed E-state index contributed by atoms with van der Waals surface area (Å²) in [7, 11) is 0. The molecular formula is C14H27NO2S. The Morgan fingerprint density at radius 1 is 1.61 bits per heavy atom. The van der Waals surface area contributed by atoms with Crippen LogP contribution in [0.1, 0.15) is 52.9 Å². The topological polar surface area (TPSA) is 49.3 Å². The number of aliphatic hydroxyl groups excluding tert-OH is 1. The molecule has 0 spiro atoms. The van der Waals surface area contributed by atoms with E-state index in [2.05, 4.69) is 19.2 Å². The molecule has 3 atom stereocenters. The largest absolute Gasteiger partial charge is 0.396 e. The molecule has 1 rings (SSSR count). The van der Waals surface area contributed by atoms with Crippen LogP contribution < -0.4 is 5.32 Å². The molecule has 18 heavy (non-hydrogen) atoms. The maximum absolute atomic E-state index is 12.1. The second-order valence-corrected chi connectivity index (χ2v) is 7.08. The first-order valence-corrected chi connectivity index (χ1v) is 8.11. The molecule has 1 aliphatic carbocycles. The van der Waals surface area contributed by atoms with E-state index in [0.29, 0.717) is 0 Å². The van der Waals surface area contributed by atoms with Gasteiger partial charge in [0.2, 0.25) is 5.91 Å². The zero-order valence-corrected chi connectivity index (χ0v) is 12.7. The quantitative estimate of drug-likeness (QED) is 0.701. The van der Waals surface area contributed by atoms with E-state index in [1.165, 1.54) is 12.8 Å². The molecule has 0 aromatic rings. The first kappa shape index (κ1) is 15.8. The Labute approximate surface area is 115 Å². The Kier molecular flexibility index (Phi) is 6.50. The Balaban J connectivity index is 2.39. The third-order valence-electron chi connectivity index (χ3n) is 3.99. The summed E-state index contributed by atoms with van der Waals surface area (Å²) in [6.07, 6.45) is 5.44. The highest BCUT2D eigenvalue weighted by Crippen LogP contribution is 2.37. The fourth-order valence-electron chi connectivity index (χ4n) is 2.44. The zero-order valence-electron chi connectivity index (χ0n) is 11.9. The third kappa shape index (κ3) is 4.16. The lowest BCUT2D eigenvalue weighted by atomic mass is 9.86. The van der Waals surface area contributed by atoms with E-state index in [9.17, 15) is 9.90 Å². The molecule has 2 N–H and O–H groups in total. The summed E-state index contributed by atoms with van der Waals surface area (Å²) in [5.74, 6) is 1.18. The Hall–Kier alpha value is -0.220. The Morgan fingerprint density at radius 2 is 2.33 bits per heavy atom. The summed E-state index contributed by atoms with van der Waals surface area (Å²) < 4.78 is 0. The molecule has 1 aliphatic rings. The van der Waals surface area contributed by atoms with Crippen molar-refractivity contribution in [2.24, 2.45) is 5.41 Å². The molecule has 106 valence electrons. The van der Waals surface area contributed by atoms with E-state index < -0.39 is 0 Å². The predicted octanol–water partition coefficient (Wildman–Crippen LogP) is 2.58. The van der Waals surface area contributed by atoms with Crippen LogP contribution in [0, 0.1) is 5.41 Å². The highest BCUT2D eigenvalue weighted by molar-refractivity contribution is 8.00. The van der Waals surface area contributed by atoms with Crippen LogP contribution in [-0.2, 0) is 4.79 Å². The molecule has 0 aliphatic heterocycles. The fourth-order valence-corrected chi connectivity index (χ4v) is 3.47. The summed E-state index contributed by atoms with van der Waals surface area (Å²) in [4.78, 5) is 12.1. The lowest BCUT2D eigenvalue weighted by Crippen LogP contribution is -2.47. The Bertz CT molecular complexity index is 273. The number of amides is 1. The molecule has 1 amide bonds. The summed E-state index contributed by atoms with van der Waals surface area (Å²) in [6, 6.07) is 0.143. The van der Waals surface area contributed by atoms with Gasteiger partial charge in [0, 0.05) is 11.5 Å². The van der Waals surface area contributed by atoms with Crippen LogP contribution >= 0.6 is 11.8 Å². The van der Waals surface area contributed by atoms with E-state index in [0.717, 1.165) is 25.0 Å². The van der Waals surface area contributed by atoms with E-state index in [1.54, 1.807) is 11.8 Å². The first-order chi connectivity index (χ1) is 8.53. The van der Waals surface area contributed by atoms with Gasteiger partial charge in [-0.25, -0.2) is 0 Å². The molecule has 0 aromatic carbocycles. The van der Waals surface area contributed by atoms with Gasteiger partial charge in [0.15, 0.2) is 0 Å². The van der Waals surface area contributed by atoms with Gasteiger partial charge >= 0.3 is 0 Å². The number of aliphatic hydroxyl groups is 1. The predicted molar refractivity (Wildman–Crippen MR) is 77.8 cm³/mol. The number of unbranched alkanes of at least 4 members (excludes halogenated alkanes) is 1. The van der Waals surface area contributed by atoms with Gasteiger partial charge in [0.05, 0.1) is 11.9 Å². The van der Waals surface area contributed by atoms with Gasteiger partial charge in [-0.3, -0.25) is 4.79 Å². The van der Waals surface area contributed by atoms with Crippen LogP contribution in [0.5, 0.6) is 0 Å². The van der Waals surface area contributed by atoms with E-state index in [4.69, 9.17) is 0 Å². The van der Waals surface area contributed by atoms with Crippen LogP contribution in [0.4, 0.5) is 0 Å². The molecule has 3 nitrogen and oxygen atoms in total. The molecule has 3 unspecified atom stereocenters. The van der Waals surface area contributed by atoms with Crippen LogP contribution in [0.15, 0.2) is 0 Å². The molecule has 0 saturated heterocycles. The highest BCUT2D eigenvalue weighted by atomic mass is 32.2. The minimum absolute atomic E-state index is 0.0140. The molecule has 0 aromatic heterocycles. The van der Waals surface area contributed by atoms with E-state index in [1.807, 2.05) is 6.92 Å². The second-order valence-electron chi connectivity index (χ2n) is 5.63. The van der Waals surface area contributed by atoms with Gasteiger partial charge in [-0.15, -0.1) is 11.8 Å². The average Bonchev–Trinajstić information content (AvgIpc) is 2.72. The van der Waals surface area contributed by atoms with Crippen molar-refractivity contribution in [2.75, 3.05) is 12.4 Å². The minimum atomic E-state index is -0.122. The summed E-state index contributed by atoms with van der Waals surface area (Å²) in [6.45, 7) is 6.37. The van der Waals surface area contributed by atoms with Crippen LogP contribution in [0.25, 0.3) is 0 Å². The van der Waals surface area contributed by atoms with Crippen LogP contribution in [0.3, 0.4) is 0 Å². The van der Waals surface area contributed by atoms with Crippen LogP contribution in [-0.4, -0.2) is 34.7 Å². The molecule has 0 bridgehead atoms. The van der Waals surface area contributed by atoms with Crippen molar-refractivity contribution in [2.45, 2.75) is 64.2 Å². The monoisotopic (exact) mass is 273 g/mol. The molecule has 4 heteroatoms. The number of thioether (sulfide) groups is 1. The number of carbonyl (C=O) groups is 1. The minimum Gasteiger partial charge on any atom is -0.396 e. The summed E-state index contributed by atoms with van der Waals surface area (Å²) in [5.41, 5.74) is -0.122. The highest BCUT2D eigenvalue weighted by Gasteiger charge is 2.39. The van der Waals surface area contributed by atoms with Gasteiger partial charge in [-0.1, -0.05) is 26.7 Å². The number of hydrogen-bond donors (Lipinski definition) is 2. The standard InChI is InChI=1S/C14H27NO2S/c1-4-5-9-18-11(2)13(17)15-12-7-6-8-14(12,3)10-16/h11-12,16H,4-10H2,1-3H3,(H,15,17). The second kappa shape index (κ2) is 7.39.